The molecule has 0 fully saturated rings. The number of carbonyl (C=O) groups is 1. The van der Waals surface area contributed by atoms with E-state index in [0.29, 0.717) is 35.7 Å². The molecule has 1 unspecified atom stereocenters. The Morgan fingerprint density at radius 3 is 2.73 bits per heavy atom. The highest BCUT2D eigenvalue weighted by atomic mass is 32.2. The average Bonchev–Trinajstić information content (AvgIpc) is 3.10. The first-order chi connectivity index (χ1) is 15.4. The van der Waals surface area contributed by atoms with Gasteiger partial charge in [0.1, 0.15) is 5.82 Å². The van der Waals surface area contributed by atoms with Crippen LogP contribution in [0, 0.1) is 11.7 Å². The van der Waals surface area contributed by atoms with Gasteiger partial charge >= 0.3 is 0 Å². The van der Waals surface area contributed by atoms with Crippen LogP contribution >= 0.6 is 0 Å². The van der Waals surface area contributed by atoms with Gasteiger partial charge in [0.15, 0.2) is 0 Å². The number of nitrogens with one attached hydrogen (secondary N) is 2. The molecule has 1 aliphatic carbocycles. The van der Waals surface area contributed by atoms with Gasteiger partial charge in [-0.2, -0.15) is 0 Å². The Hall–Kier alpha value is -3.17. The number of aromatic amines is 1. The van der Waals surface area contributed by atoms with E-state index in [0.717, 1.165) is 22.7 Å². The largest absolute Gasteiger partial charge is 0.390 e. The molecule has 7 nitrogen and oxygen atoms in total. The third kappa shape index (κ3) is 4.26. The summed E-state index contributed by atoms with van der Waals surface area (Å²) in [6.45, 7) is 6.81. The number of primary amides is 1. The summed E-state index contributed by atoms with van der Waals surface area (Å²) in [5.74, 6) is -1.39. The summed E-state index contributed by atoms with van der Waals surface area (Å²) in [5, 5.41) is 11.8. The van der Waals surface area contributed by atoms with Crippen molar-refractivity contribution in [2.75, 3.05) is 4.72 Å². The van der Waals surface area contributed by atoms with Gasteiger partial charge in [0, 0.05) is 27.7 Å². The van der Waals surface area contributed by atoms with Crippen LogP contribution in [0.25, 0.3) is 22.0 Å². The van der Waals surface area contributed by atoms with Crippen LogP contribution in [0.3, 0.4) is 0 Å². The van der Waals surface area contributed by atoms with Gasteiger partial charge < -0.3 is 15.8 Å². The highest BCUT2D eigenvalue weighted by molar-refractivity contribution is 7.95. The third-order valence-electron chi connectivity index (χ3n) is 6.31. The lowest BCUT2D eigenvalue weighted by molar-refractivity contribution is 0.0107. The standard InChI is InChI=1S/C24H26FN3O4S/c1-4-33(31,32)28-15-7-5-6-13(10-15)20-18(25)12-17(23(26)29)22-21(20)16-9-8-14(24(2,3)30)11-19(16)27-22/h4-7,10,12,14,27-28,30H,1,8-9,11H2,2-3H3,(H2,26,29). The molecule has 3 aromatic rings. The summed E-state index contributed by atoms with van der Waals surface area (Å²) in [5.41, 5.74) is 7.82. The zero-order chi connectivity index (χ0) is 24.1. The number of aryl methyl sites for hydroxylation is 1. The number of H-pyrrole nitrogens is 1. The van der Waals surface area contributed by atoms with E-state index in [1.54, 1.807) is 32.0 Å². The summed E-state index contributed by atoms with van der Waals surface area (Å²) in [7, 11) is -3.74. The van der Waals surface area contributed by atoms with E-state index in [1.165, 1.54) is 6.07 Å². The number of rotatable bonds is 6. The van der Waals surface area contributed by atoms with Crippen molar-refractivity contribution in [3.8, 4) is 11.1 Å². The van der Waals surface area contributed by atoms with Crippen molar-refractivity contribution < 1.29 is 22.7 Å². The molecule has 0 spiro atoms. The lowest BCUT2D eigenvalue weighted by Crippen LogP contribution is -2.34. The van der Waals surface area contributed by atoms with Gasteiger partial charge in [0.2, 0.25) is 0 Å². The molecule has 0 bridgehead atoms. The van der Waals surface area contributed by atoms with Gasteiger partial charge in [0.25, 0.3) is 15.9 Å². The molecule has 9 heteroatoms. The molecule has 0 saturated carbocycles. The number of benzene rings is 2. The Morgan fingerprint density at radius 1 is 1.36 bits per heavy atom. The molecule has 0 saturated heterocycles. The minimum atomic E-state index is -3.74. The molecule has 0 aliphatic heterocycles. The Morgan fingerprint density at radius 2 is 2.09 bits per heavy atom. The summed E-state index contributed by atoms with van der Waals surface area (Å²) in [6.07, 6.45) is 1.83. The fraction of sp³-hybridized carbons (Fsp3) is 0.292. The topological polar surface area (TPSA) is 125 Å². The predicted octanol–water partition coefficient (Wildman–Crippen LogP) is 3.83. The van der Waals surface area contributed by atoms with E-state index in [9.17, 15) is 18.3 Å². The molecule has 174 valence electrons. The fourth-order valence-electron chi connectivity index (χ4n) is 4.60. The number of halogens is 1. The molecule has 5 N–H and O–H groups in total. The molecule has 1 aromatic heterocycles. The second kappa shape index (κ2) is 8.00. The number of amides is 1. The highest BCUT2D eigenvalue weighted by Crippen LogP contribution is 2.42. The molecule has 1 amide bonds. The molecule has 1 atom stereocenters. The normalized spacial score (nSPS) is 16.4. The number of hydrogen-bond donors (Lipinski definition) is 4. The Balaban J connectivity index is 1.95. The molecule has 2 aromatic carbocycles. The van der Waals surface area contributed by atoms with Gasteiger partial charge in [-0.05, 0) is 68.4 Å². The van der Waals surface area contributed by atoms with E-state index < -0.39 is 27.3 Å². The lowest BCUT2D eigenvalue weighted by atomic mass is 9.77. The second-order valence-corrected chi connectivity index (χ2v) is 10.6. The van der Waals surface area contributed by atoms with Gasteiger partial charge in [-0.25, -0.2) is 12.8 Å². The summed E-state index contributed by atoms with van der Waals surface area (Å²) >= 11 is 0. The average molecular weight is 472 g/mol. The predicted molar refractivity (Wildman–Crippen MR) is 127 cm³/mol. The number of carbonyl (C=O) groups excluding carboxylic acids is 1. The maximum atomic E-state index is 15.5. The molecule has 1 aliphatic rings. The van der Waals surface area contributed by atoms with Crippen molar-refractivity contribution in [1.82, 2.24) is 4.98 Å². The molecule has 33 heavy (non-hydrogen) atoms. The highest BCUT2D eigenvalue weighted by Gasteiger charge is 2.34. The van der Waals surface area contributed by atoms with Crippen LogP contribution in [0.15, 0.2) is 42.3 Å². The van der Waals surface area contributed by atoms with E-state index in [1.807, 2.05) is 0 Å². The van der Waals surface area contributed by atoms with E-state index in [2.05, 4.69) is 16.3 Å². The van der Waals surface area contributed by atoms with Crippen LogP contribution in [0.1, 0.15) is 41.9 Å². The Kier molecular flexibility index (Phi) is 5.58. The van der Waals surface area contributed by atoms with Gasteiger partial charge in [-0.3, -0.25) is 9.52 Å². The Bertz CT molecular complexity index is 1390. The number of nitrogens with two attached hydrogens (primary N) is 1. The van der Waals surface area contributed by atoms with Crippen molar-refractivity contribution >= 4 is 32.5 Å². The quantitative estimate of drug-likeness (QED) is 0.436. The van der Waals surface area contributed by atoms with Crippen LogP contribution in [0.2, 0.25) is 0 Å². The smallest absolute Gasteiger partial charge is 0.254 e. The number of hydrogen-bond acceptors (Lipinski definition) is 4. The van der Waals surface area contributed by atoms with Gasteiger partial charge in [-0.1, -0.05) is 18.7 Å². The first-order valence-corrected chi connectivity index (χ1v) is 12.1. The maximum absolute atomic E-state index is 15.5. The van der Waals surface area contributed by atoms with Crippen molar-refractivity contribution in [3.05, 3.63) is 65.0 Å². The molecular formula is C24H26FN3O4S. The summed E-state index contributed by atoms with van der Waals surface area (Å²) in [4.78, 5) is 15.4. The Labute approximate surface area is 191 Å². The summed E-state index contributed by atoms with van der Waals surface area (Å²) in [6, 6.07) is 7.49. The maximum Gasteiger partial charge on any atom is 0.254 e. The van der Waals surface area contributed by atoms with Crippen molar-refractivity contribution in [2.45, 2.75) is 38.7 Å². The van der Waals surface area contributed by atoms with Crippen LogP contribution in [0.4, 0.5) is 10.1 Å². The first kappa shape index (κ1) is 23.0. The van der Waals surface area contributed by atoms with E-state index in [-0.39, 0.29) is 22.7 Å². The van der Waals surface area contributed by atoms with Crippen LogP contribution in [0.5, 0.6) is 0 Å². The molecular weight excluding hydrogens is 445 g/mol. The number of aliphatic hydroxyl groups is 1. The van der Waals surface area contributed by atoms with Gasteiger partial charge in [0.05, 0.1) is 16.7 Å². The number of fused-ring (bicyclic) bond motifs is 3. The SMILES string of the molecule is C=CS(=O)(=O)Nc1cccc(-c2c(F)cc(C(N)=O)c3[nH]c4c(c23)CCC(C(C)(C)O)C4)c1. The minimum Gasteiger partial charge on any atom is -0.390 e. The second-order valence-electron chi connectivity index (χ2n) is 8.97. The van der Waals surface area contributed by atoms with E-state index >= 15 is 4.39 Å². The number of anilines is 1. The van der Waals surface area contributed by atoms with Crippen molar-refractivity contribution in [1.29, 1.82) is 0 Å². The monoisotopic (exact) mass is 471 g/mol. The fourth-order valence-corrected chi connectivity index (χ4v) is 5.14. The van der Waals surface area contributed by atoms with Crippen LogP contribution in [-0.4, -0.2) is 30.0 Å². The third-order valence-corrected chi connectivity index (χ3v) is 7.27. The van der Waals surface area contributed by atoms with Crippen LogP contribution in [-0.2, 0) is 22.9 Å². The van der Waals surface area contributed by atoms with Crippen LogP contribution < -0.4 is 10.5 Å². The summed E-state index contributed by atoms with van der Waals surface area (Å²) < 4.78 is 41.6. The number of aromatic nitrogens is 1. The zero-order valence-electron chi connectivity index (χ0n) is 18.4. The zero-order valence-corrected chi connectivity index (χ0v) is 19.2. The molecule has 0 radical (unpaired) electrons. The van der Waals surface area contributed by atoms with E-state index in [4.69, 9.17) is 5.73 Å². The number of sulfonamides is 1. The molecule has 1 heterocycles. The van der Waals surface area contributed by atoms with Crippen molar-refractivity contribution in [2.24, 2.45) is 11.7 Å². The molecule has 4 rings (SSSR count). The lowest BCUT2D eigenvalue weighted by Gasteiger charge is -2.32. The minimum absolute atomic E-state index is 0.0000232. The first-order valence-electron chi connectivity index (χ1n) is 10.5. The van der Waals surface area contributed by atoms with Crippen molar-refractivity contribution in [3.63, 3.8) is 0 Å². The van der Waals surface area contributed by atoms with Gasteiger partial charge in [-0.15, -0.1) is 0 Å².